The summed E-state index contributed by atoms with van der Waals surface area (Å²) in [4.78, 5) is 11.3. The van der Waals surface area contributed by atoms with Crippen molar-refractivity contribution in [2.24, 2.45) is 0 Å². The minimum Gasteiger partial charge on any atom is -0.376 e. The number of carbonyl (C=O) groups excluding carboxylic acids is 1. The number of amides is 1. The SMILES string of the molecule is C#CCCNC(=O)C1COCCO1. The quantitative estimate of drug-likeness (QED) is 0.476. The first-order valence-electron chi connectivity index (χ1n) is 4.25. The van der Waals surface area contributed by atoms with Gasteiger partial charge >= 0.3 is 0 Å². The molecule has 13 heavy (non-hydrogen) atoms. The molecule has 1 amide bonds. The van der Waals surface area contributed by atoms with Gasteiger partial charge in [0.2, 0.25) is 0 Å². The molecule has 0 radical (unpaired) electrons. The summed E-state index contributed by atoms with van der Waals surface area (Å²) < 4.78 is 10.3. The van der Waals surface area contributed by atoms with Crippen molar-refractivity contribution in [3.63, 3.8) is 0 Å². The van der Waals surface area contributed by atoms with Crippen LogP contribution in [0.1, 0.15) is 6.42 Å². The first-order valence-corrected chi connectivity index (χ1v) is 4.25. The molecule has 1 aliphatic rings. The number of nitrogens with one attached hydrogen (secondary N) is 1. The Bertz CT molecular complexity index is 203. The number of carbonyl (C=O) groups is 1. The van der Waals surface area contributed by atoms with Gasteiger partial charge in [0.1, 0.15) is 0 Å². The monoisotopic (exact) mass is 183 g/mol. The smallest absolute Gasteiger partial charge is 0.251 e. The van der Waals surface area contributed by atoms with E-state index in [4.69, 9.17) is 15.9 Å². The van der Waals surface area contributed by atoms with Gasteiger partial charge in [0, 0.05) is 13.0 Å². The van der Waals surface area contributed by atoms with Crippen molar-refractivity contribution in [2.75, 3.05) is 26.4 Å². The molecule has 1 N–H and O–H groups in total. The van der Waals surface area contributed by atoms with E-state index < -0.39 is 6.10 Å². The largest absolute Gasteiger partial charge is 0.376 e. The highest BCUT2D eigenvalue weighted by Crippen LogP contribution is 2.00. The summed E-state index contributed by atoms with van der Waals surface area (Å²) in [5.41, 5.74) is 0. The molecule has 1 atom stereocenters. The minimum absolute atomic E-state index is 0.144. The van der Waals surface area contributed by atoms with Crippen LogP contribution in [0.15, 0.2) is 0 Å². The highest BCUT2D eigenvalue weighted by Gasteiger charge is 2.21. The maximum Gasteiger partial charge on any atom is 0.251 e. The summed E-state index contributed by atoms with van der Waals surface area (Å²) in [6.07, 6.45) is 5.11. The van der Waals surface area contributed by atoms with Gasteiger partial charge in [-0.25, -0.2) is 0 Å². The fraction of sp³-hybridized carbons (Fsp3) is 0.667. The average Bonchev–Trinajstić information content (AvgIpc) is 2.19. The molecule has 4 nitrogen and oxygen atoms in total. The van der Waals surface area contributed by atoms with Crippen molar-refractivity contribution < 1.29 is 14.3 Å². The van der Waals surface area contributed by atoms with Gasteiger partial charge in [-0.15, -0.1) is 12.3 Å². The van der Waals surface area contributed by atoms with Crippen LogP contribution < -0.4 is 5.32 Å². The first kappa shape index (κ1) is 10.0. The average molecular weight is 183 g/mol. The summed E-state index contributed by atoms with van der Waals surface area (Å²) in [6.45, 7) is 1.87. The van der Waals surface area contributed by atoms with Crippen LogP contribution in [0.4, 0.5) is 0 Å². The lowest BCUT2D eigenvalue weighted by Crippen LogP contribution is -2.43. The third-order valence-electron chi connectivity index (χ3n) is 1.68. The van der Waals surface area contributed by atoms with Gasteiger partial charge < -0.3 is 14.8 Å². The van der Waals surface area contributed by atoms with Crippen molar-refractivity contribution in [3.8, 4) is 12.3 Å². The number of rotatable bonds is 3. The van der Waals surface area contributed by atoms with Gasteiger partial charge in [-0.2, -0.15) is 0 Å². The number of hydrogen-bond acceptors (Lipinski definition) is 3. The molecule has 0 aliphatic carbocycles. The van der Waals surface area contributed by atoms with E-state index in [1.165, 1.54) is 0 Å². The van der Waals surface area contributed by atoms with Crippen molar-refractivity contribution in [1.82, 2.24) is 5.32 Å². The third-order valence-corrected chi connectivity index (χ3v) is 1.68. The van der Waals surface area contributed by atoms with Gasteiger partial charge in [0.05, 0.1) is 19.8 Å². The van der Waals surface area contributed by atoms with Crippen molar-refractivity contribution >= 4 is 5.91 Å². The van der Waals surface area contributed by atoms with E-state index in [-0.39, 0.29) is 5.91 Å². The van der Waals surface area contributed by atoms with Gasteiger partial charge in [0.15, 0.2) is 6.10 Å². The molecule has 0 aromatic heterocycles. The molecule has 0 saturated carbocycles. The molecule has 0 aromatic carbocycles. The summed E-state index contributed by atoms with van der Waals surface area (Å²) >= 11 is 0. The van der Waals surface area contributed by atoms with E-state index in [1.807, 2.05) is 0 Å². The number of hydrogen-bond donors (Lipinski definition) is 1. The van der Waals surface area contributed by atoms with E-state index in [1.54, 1.807) is 0 Å². The van der Waals surface area contributed by atoms with Crippen LogP contribution in [-0.4, -0.2) is 38.4 Å². The van der Waals surface area contributed by atoms with Crippen LogP contribution in [0.25, 0.3) is 0 Å². The topological polar surface area (TPSA) is 47.6 Å². The molecule has 1 rings (SSSR count). The zero-order valence-electron chi connectivity index (χ0n) is 7.41. The molecule has 4 heteroatoms. The Labute approximate surface area is 77.6 Å². The molecular formula is C9H13NO3. The van der Waals surface area contributed by atoms with Crippen molar-refractivity contribution in [1.29, 1.82) is 0 Å². The lowest BCUT2D eigenvalue weighted by Gasteiger charge is -2.21. The van der Waals surface area contributed by atoms with Crippen LogP contribution in [0.2, 0.25) is 0 Å². The zero-order valence-corrected chi connectivity index (χ0v) is 7.41. The lowest BCUT2D eigenvalue weighted by atomic mass is 10.3. The highest BCUT2D eigenvalue weighted by atomic mass is 16.6. The van der Waals surface area contributed by atoms with Gasteiger partial charge in [0.25, 0.3) is 5.91 Å². The second kappa shape index (κ2) is 5.57. The van der Waals surface area contributed by atoms with Gasteiger partial charge in [-0.3, -0.25) is 4.79 Å². The van der Waals surface area contributed by atoms with Crippen LogP contribution >= 0.6 is 0 Å². The molecule has 0 aromatic rings. The van der Waals surface area contributed by atoms with Crippen LogP contribution in [0, 0.1) is 12.3 Å². The van der Waals surface area contributed by atoms with Gasteiger partial charge in [-0.1, -0.05) is 0 Å². The Morgan fingerprint density at radius 2 is 2.46 bits per heavy atom. The molecular weight excluding hydrogens is 170 g/mol. The van der Waals surface area contributed by atoms with Crippen LogP contribution in [0.3, 0.4) is 0 Å². The Balaban J connectivity index is 2.18. The maximum atomic E-state index is 11.3. The molecule has 1 saturated heterocycles. The van der Waals surface area contributed by atoms with E-state index in [2.05, 4.69) is 11.2 Å². The number of terminal acetylenes is 1. The lowest BCUT2D eigenvalue weighted by molar-refractivity contribution is -0.147. The second-order valence-electron chi connectivity index (χ2n) is 2.68. The molecule has 1 unspecified atom stereocenters. The fourth-order valence-electron chi connectivity index (χ4n) is 1.01. The van der Waals surface area contributed by atoms with Crippen molar-refractivity contribution in [2.45, 2.75) is 12.5 Å². The predicted molar refractivity (Wildman–Crippen MR) is 47.0 cm³/mol. The standard InChI is InChI=1S/C9H13NO3/c1-2-3-4-10-9(11)8-7-12-5-6-13-8/h1,8H,3-7H2,(H,10,11). The molecule has 1 aliphatic heterocycles. The summed E-state index contributed by atoms with van der Waals surface area (Å²) in [7, 11) is 0. The molecule has 0 bridgehead atoms. The van der Waals surface area contributed by atoms with Crippen LogP contribution in [-0.2, 0) is 14.3 Å². The third kappa shape index (κ3) is 3.45. The van der Waals surface area contributed by atoms with Crippen molar-refractivity contribution in [3.05, 3.63) is 0 Å². The minimum atomic E-state index is -0.466. The van der Waals surface area contributed by atoms with Gasteiger partial charge in [-0.05, 0) is 0 Å². The predicted octanol–water partition coefficient (Wildman–Crippen LogP) is -0.459. The first-order chi connectivity index (χ1) is 6.34. The molecule has 72 valence electrons. The molecule has 0 spiro atoms. The normalized spacial score (nSPS) is 21.9. The Morgan fingerprint density at radius 1 is 1.62 bits per heavy atom. The van der Waals surface area contributed by atoms with E-state index >= 15 is 0 Å². The second-order valence-corrected chi connectivity index (χ2v) is 2.68. The van der Waals surface area contributed by atoms with E-state index in [0.29, 0.717) is 32.8 Å². The molecule has 1 fully saturated rings. The Hall–Kier alpha value is -1.05. The van der Waals surface area contributed by atoms with E-state index in [9.17, 15) is 4.79 Å². The maximum absolute atomic E-state index is 11.3. The summed E-state index contributed by atoms with van der Waals surface area (Å²) in [5, 5.41) is 2.67. The summed E-state index contributed by atoms with van der Waals surface area (Å²) in [5.74, 6) is 2.30. The molecule has 1 heterocycles. The highest BCUT2D eigenvalue weighted by molar-refractivity contribution is 5.80. The van der Waals surface area contributed by atoms with E-state index in [0.717, 1.165) is 0 Å². The zero-order chi connectivity index (χ0) is 9.52. The fourth-order valence-corrected chi connectivity index (χ4v) is 1.01. The van der Waals surface area contributed by atoms with Crippen LogP contribution in [0.5, 0.6) is 0 Å². The summed E-state index contributed by atoms with van der Waals surface area (Å²) in [6, 6.07) is 0. The number of ether oxygens (including phenoxy) is 2. The Morgan fingerprint density at radius 3 is 3.08 bits per heavy atom. The Kier molecular flexibility index (Phi) is 4.30.